The van der Waals surface area contributed by atoms with Gasteiger partial charge in [0.25, 0.3) is 0 Å². The molecule has 2 unspecified atom stereocenters. The fourth-order valence-electron chi connectivity index (χ4n) is 2.64. The van der Waals surface area contributed by atoms with E-state index in [1.165, 1.54) is 5.56 Å². The first-order valence-electron chi connectivity index (χ1n) is 6.91. The fraction of sp³-hybridized carbons (Fsp3) is 0.467. The van der Waals surface area contributed by atoms with Gasteiger partial charge in [-0.25, -0.2) is 0 Å². The molecule has 0 radical (unpaired) electrons. The topological polar surface area (TPSA) is 51.0 Å². The Labute approximate surface area is 113 Å². The number of nitrogens with one attached hydrogen (secondary N) is 1. The van der Waals surface area contributed by atoms with E-state index in [4.69, 9.17) is 4.52 Å². The van der Waals surface area contributed by atoms with Crippen molar-refractivity contribution in [2.24, 2.45) is 0 Å². The molecular weight excluding hydrogens is 238 g/mol. The van der Waals surface area contributed by atoms with Crippen molar-refractivity contribution >= 4 is 0 Å². The van der Waals surface area contributed by atoms with Gasteiger partial charge >= 0.3 is 0 Å². The van der Waals surface area contributed by atoms with Crippen LogP contribution in [-0.4, -0.2) is 22.7 Å². The van der Waals surface area contributed by atoms with Crippen molar-refractivity contribution in [3.05, 3.63) is 47.6 Å². The SMILES string of the molecule is CC1CC(c2nc(Cc3ccccc3)no2)CCN1. The van der Waals surface area contributed by atoms with Crippen LogP contribution in [0.2, 0.25) is 0 Å². The minimum atomic E-state index is 0.410. The number of piperidine rings is 1. The summed E-state index contributed by atoms with van der Waals surface area (Å²) in [5, 5.41) is 7.54. The lowest BCUT2D eigenvalue weighted by Gasteiger charge is -2.25. The van der Waals surface area contributed by atoms with Crippen molar-refractivity contribution < 1.29 is 4.52 Å². The number of rotatable bonds is 3. The maximum absolute atomic E-state index is 5.44. The van der Waals surface area contributed by atoms with Gasteiger partial charge in [0.15, 0.2) is 5.82 Å². The lowest BCUT2D eigenvalue weighted by molar-refractivity contribution is 0.294. The summed E-state index contributed by atoms with van der Waals surface area (Å²) in [6, 6.07) is 10.8. The fourth-order valence-corrected chi connectivity index (χ4v) is 2.64. The first-order valence-corrected chi connectivity index (χ1v) is 6.91. The van der Waals surface area contributed by atoms with E-state index in [1.54, 1.807) is 0 Å². The minimum absolute atomic E-state index is 0.410. The van der Waals surface area contributed by atoms with Crippen LogP contribution in [0.15, 0.2) is 34.9 Å². The summed E-state index contributed by atoms with van der Waals surface area (Å²) in [5.74, 6) is 2.00. The molecule has 0 saturated carbocycles. The highest BCUT2D eigenvalue weighted by atomic mass is 16.5. The standard InChI is InChI=1S/C15H19N3O/c1-11-9-13(7-8-16-11)15-17-14(18-19-15)10-12-5-3-2-4-6-12/h2-6,11,13,16H,7-10H2,1H3. The third-order valence-electron chi connectivity index (χ3n) is 3.66. The molecule has 2 aromatic rings. The van der Waals surface area contributed by atoms with Crippen molar-refractivity contribution in [2.75, 3.05) is 6.54 Å². The van der Waals surface area contributed by atoms with Crippen molar-refractivity contribution in [1.29, 1.82) is 0 Å². The molecule has 100 valence electrons. The van der Waals surface area contributed by atoms with E-state index in [0.717, 1.165) is 37.5 Å². The summed E-state index contributed by atoms with van der Waals surface area (Å²) in [5.41, 5.74) is 1.22. The van der Waals surface area contributed by atoms with Gasteiger partial charge in [0.05, 0.1) is 0 Å². The Morgan fingerprint density at radius 2 is 2.16 bits per heavy atom. The molecule has 4 heteroatoms. The molecule has 1 N–H and O–H groups in total. The van der Waals surface area contributed by atoms with Crippen LogP contribution in [0.5, 0.6) is 0 Å². The Bertz CT molecular complexity index is 523. The number of benzene rings is 1. The Kier molecular flexibility index (Phi) is 3.60. The number of hydrogen-bond donors (Lipinski definition) is 1. The van der Waals surface area contributed by atoms with E-state index in [2.05, 4.69) is 34.5 Å². The van der Waals surface area contributed by atoms with Gasteiger partial charge < -0.3 is 9.84 Å². The molecule has 1 aliphatic heterocycles. The maximum atomic E-state index is 5.44. The van der Waals surface area contributed by atoms with E-state index in [0.29, 0.717) is 12.0 Å². The van der Waals surface area contributed by atoms with Gasteiger partial charge in [-0.3, -0.25) is 0 Å². The van der Waals surface area contributed by atoms with Crippen LogP contribution in [0, 0.1) is 0 Å². The molecular formula is C15H19N3O. The van der Waals surface area contributed by atoms with Crippen LogP contribution in [0.3, 0.4) is 0 Å². The summed E-state index contributed by atoms with van der Waals surface area (Å²) in [4.78, 5) is 4.56. The molecule has 0 aliphatic carbocycles. The second-order valence-electron chi connectivity index (χ2n) is 5.29. The first-order chi connectivity index (χ1) is 9.31. The molecule has 0 amide bonds. The molecule has 19 heavy (non-hydrogen) atoms. The minimum Gasteiger partial charge on any atom is -0.339 e. The first kappa shape index (κ1) is 12.4. The lowest BCUT2D eigenvalue weighted by Crippen LogP contribution is -2.34. The third-order valence-corrected chi connectivity index (χ3v) is 3.66. The Morgan fingerprint density at radius 3 is 2.95 bits per heavy atom. The lowest BCUT2D eigenvalue weighted by atomic mass is 9.93. The zero-order valence-corrected chi connectivity index (χ0v) is 11.2. The van der Waals surface area contributed by atoms with Gasteiger partial charge in [-0.15, -0.1) is 0 Å². The van der Waals surface area contributed by atoms with Crippen LogP contribution in [0.4, 0.5) is 0 Å². The monoisotopic (exact) mass is 257 g/mol. The summed E-state index contributed by atoms with van der Waals surface area (Å²) in [6.07, 6.45) is 2.90. The molecule has 2 heterocycles. The highest BCUT2D eigenvalue weighted by molar-refractivity contribution is 5.18. The normalized spacial score (nSPS) is 23.4. The summed E-state index contributed by atoms with van der Waals surface area (Å²) in [7, 11) is 0. The number of nitrogens with zero attached hydrogens (tertiary/aromatic N) is 2. The van der Waals surface area contributed by atoms with Crippen LogP contribution in [-0.2, 0) is 6.42 Å². The zero-order chi connectivity index (χ0) is 13.1. The molecule has 4 nitrogen and oxygen atoms in total. The summed E-state index contributed by atoms with van der Waals surface area (Å²) < 4.78 is 5.44. The molecule has 1 saturated heterocycles. The quantitative estimate of drug-likeness (QED) is 0.918. The molecule has 1 aromatic carbocycles. The van der Waals surface area contributed by atoms with Gasteiger partial charge in [0.2, 0.25) is 5.89 Å². The average molecular weight is 257 g/mol. The van der Waals surface area contributed by atoms with Gasteiger partial charge in [0.1, 0.15) is 0 Å². The van der Waals surface area contributed by atoms with Crippen LogP contribution < -0.4 is 5.32 Å². The molecule has 1 aliphatic rings. The highest BCUT2D eigenvalue weighted by Crippen LogP contribution is 2.26. The molecule has 3 rings (SSSR count). The van der Waals surface area contributed by atoms with Crippen molar-refractivity contribution in [1.82, 2.24) is 15.5 Å². The second-order valence-corrected chi connectivity index (χ2v) is 5.29. The van der Waals surface area contributed by atoms with Crippen LogP contribution in [0.25, 0.3) is 0 Å². The molecule has 1 fully saturated rings. The van der Waals surface area contributed by atoms with E-state index in [9.17, 15) is 0 Å². The summed E-state index contributed by atoms with van der Waals surface area (Å²) >= 11 is 0. The van der Waals surface area contributed by atoms with E-state index < -0.39 is 0 Å². The van der Waals surface area contributed by atoms with Crippen LogP contribution >= 0.6 is 0 Å². The molecule has 2 atom stereocenters. The molecule has 1 aromatic heterocycles. The van der Waals surface area contributed by atoms with E-state index in [-0.39, 0.29) is 0 Å². The third kappa shape index (κ3) is 3.01. The number of aromatic nitrogens is 2. The van der Waals surface area contributed by atoms with Crippen LogP contribution in [0.1, 0.15) is 43.0 Å². The molecule has 0 bridgehead atoms. The zero-order valence-electron chi connectivity index (χ0n) is 11.2. The Morgan fingerprint density at radius 1 is 1.32 bits per heavy atom. The van der Waals surface area contributed by atoms with Gasteiger partial charge in [0, 0.05) is 18.4 Å². The Balaban J connectivity index is 1.69. The average Bonchev–Trinajstić information content (AvgIpc) is 2.88. The maximum Gasteiger partial charge on any atom is 0.229 e. The smallest absolute Gasteiger partial charge is 0.229 e. The van der Waals surface area contributed by atoms with Crippen molar-refractivity contribution in [3.63, 3.8) is 0 Å². The van der Waals surface area contributed by atoms with Crippen molar-refractivity contribution in [3.8, 4) is 0 Å². The number of hydrogen-bond acceptors (Lipinski definition) is 4. The summed E-state index contributed by atoms with van der Waals surface area (Å²) in [6.45, 7) is 3.23. The second kappa shape index (κ2) is 5.53. The van der Waals surface area contributed by atoms with E-state index >= 15 is 0 Å². The van der Waals surface area contributed by atoms with Gasteiger partial charge in [-0.2, -0.15) is 4.98 Å². The molecule has 0 spiro atoms. The predicted octanol–water partition coefficient (Wildman–Crippen LogP) is 2.52. The highest BCUT2D eigenvalue weighted by Gasteiger charge is 2.24. The van der Waals surface area contributed by atoms with E-state index in [1.807, 2.05) is 18.2 Å². The largest absolute Gasteiger partial charge is 0.339 e. The predicted molar refractivity (Wildman–Crippen MR) is 73.0 cm³/mol. The van der Waals surface area contributed by atoms with Gasteiger partial charge in [-0.1, -0.05) is 35.5 Å². The van der Waals surface area contributed by atoms with Crippen molar-refractivity contribution in [2.45, 2.75) is 38.1 Å². The van der Waals surface area contributed by atoms with Gasteiger partial charge in [-0.05, 0) is 31.9 Å². The Hall–Kier alpha value is -1.68.